The monoisotopic (exact) mass is 320 g/mol. The van der Waals surface area contributed by atoms with E-state index in [0.29, 0.717) is 5.69 Å². The first kappa shape index (κ1) is 13.2. The molecule has 0 radical (unpaired) electrons. The Bertz CT molecular complexity index is 643. The molecule has 0 unspecified atom stereocenters. The summed E-state index contributed by atoms with van der Waals surface area (Å²) in [6, 6.07) is 11.3. The quantitative estimate of drug-likeness (QED) is 0.911. The molecule has 0 fully saturated rings. The van der Waals surface area contributed by atoms with Crippen molar-refractivity contribution in [2.24, 2.45) is 0 Å². The number of carboxylic acid groups (broad SMARTS) is 1. The Morgan fingerprint density at radius 3 is 2.47 bits per heavy atom. The van der Waals surface area contributed by atoms with Crippen molar-refractivity contribution < 1.29 is 14.7 Å². The zero-order valence-electron chi connectivity index (χ0n) is 9.63. The summed E-state index contributed by atoms with van der Waals surface area (Å²) < 4.78 is 0.831. The van der Waals surface area contributed by atoms with Gasteiger partial charge in [-0.3, -0.25) is 4.79 Å². The first-order valence-electron chi connectivity index (χ1n) is 5.33. The maximum atomic E-state index is 11.9. The standard InChI is InChI=1S/C13H9BrN2O3/c14-8-3-1-4-9(7-8)15-12(17)10-5-2-6-11(16-10)13(18)19/h1-7H,(H,15,17)(H,18,19). The van der Waals surface area contributed by atoms with Crippen molar-refractivity contribution >= 4 is 33.5 Å². The summed E-state index contributed by atoms with van der Waals surface area (Å²) in [5.74, 6) is -1.63. The molecule has 2 rings (SSSR count). The van der Waals surface area contributed by atoms with Gasteiger partial charge in [0.05, 0.1) is 0 Å². The van der Waals surface area contributed by atoms with Crippen LogP contribution in [-0.4, -0.2) is 22.0 Å². The normalized spacial score (nSPS) is 9.95. The van der Waals surface area contributed by atoms with E-state index >= 15 is 0 Å². The zero-order valence-corrected chi connectivity index (χ0v) is 11.2. The molecule has 2 N–H and O–H groups in total. The van der Waals surface area contributed by atoms with E-state index in [0.717, 1.165) is 4.47 Å². The van der Waals surface area contributed by atoms with Gasteiger partial charge in [-0.1, -0.05) is 28.1 Å². The van der Waals surface area contributed by atoms with Crippen LogP contribution < -0.4 is 5.32 Å². The van der Waals surface area contributed by atoms with Crippen molar-refractivity contribution in [3.05, 3.63) is 58.3 Å². The molecular weight excluding hydrogens is 312 g/mol. The molecule has 0 bridgehead atoms. The predicted molar refractivity (Wildman–Crippen MR) is 73.3 cm³/mol. The second kappa shape index (κ2) is 5.62. The number of benzene rings is 1. The van der Waals surface area contributed by atoms with E-state index in [-0.39, 0.29) is 11.4 Å². The minimum absolute atomic E-state index is 0.0554. The van der Waals surface area contributed by atoms with E-state index in [1.54, 1.807) is 18.2 Å². The zero-order chi connectivity index (χ0) is 13.8. The largest absolute Gasteiger partial charge is 0.477 e. The van der Waals surface area contributed by atoms with Crippen LogP contribution in [0.15, 0.2) is 46.9 Å². The molecule has 0 spiro atoms. The van der Waals surface area contributed by atoms with E-state index in [9.17, 15) is 9.59 Å². The third kappa shape index (κ3) is 3.38. The molecule has 1 heterocycles. The van der Waals surface area contributed by atoms with Crippen molar-refractivity contribution in [2.75, 3.05) is 5.32 Å². The van der Waals surface area contributed by atoms with Crippen LogP contribution in [0.3, 0.4) is 0 Å². The maximum Gasteiger partial charge on any atom is 0.354 e. The van der Waals surface area contributed by atoms with Gasteiger partial charge >= 0.3 is 5.97 Å². The predicted octanol–water partition coefficient (Wildman–Crippen LogP) is 2.79. The number of pyridine rings is 1. The van der Waals surface area contributed by atoms with Crippen LogP contribution in [-0.2, 0) is 0 Å². The number of amides is 1. The Morgan fingerprint density at radius 1 is 1.11 bits per heavy atom. The van der Waals surface area contributed by atoms with Crippen LogP contribution >= 0.6 is 15.9 Å². The van der Waals surface area contributed by atoms with Gasteiger partial charge < -0.3 is 10.4 Å². The second-order valence-electron chi connectivity index (χ2n) is 3.68. The minimum atomic E-state index is -1.17. The smallest absolute Gasteiger partial charge is 0.354 e. The van der Waals surface area contributed by atoms with Crippen LogP contribution in [0, 0.1) is 0 Å². The van der Waals surface area contributed by atoms with E-state index in [4.69, 9.17) is 5.11 Å². The van der Waals surface area contributed by atoms with Crippen LogP contribution in [0.1, 0.15) is 21.0 Å². The lowest BCUT2D eigenvalue weighted by Gasteiger charge is -2.05. The number of carboxylic acids is 1. The molecule has 19 heavy (non-hydrogen) atoms. The Kier molecular flexibility index (Phi) is 3.91. The van der Waals surface area contributed by atoms with Gasteiger partial charge in [-0.15, -0.1) is 0 Å². The lowest BCUT2D eigenvalue weighted by Crippen LogP contribution is -2.15. The number of hydrogen-bond donors (Lipinski definition) is 2. The first-order valence-corrected chi connectivity index (χ1v) is 6.13. The fourth-order valence-electron chi connectivity index (χ4n) is 1.44. The second-order valence-corrected chi connectivity index (χ2v) is 4.59. The van der Waals surface area contributed by atoms with Gasteiger partial charge in [0.1, 0.15) is 11.4 Å². The summed E-state index contributed by atoms with van der Waals surface area (Å²) in [4.78, 5) is 26.5. The summed E-state index contributed by atoms with van der Waals surface area (Å²) in [6.45, 7) is 0. The number of carbonyl (C=O) groups excluding carboxylic acids is 1. The number of nitrogens with zero attached hydrogens (tertiary/aromatic N) is 1. The molecule has 0 saturated carbocycles. The van der Waals surface area contributed by atoms with Crippen molar-refractivity contribution in [2.45, 2.75) is 0 Å². The number of nitrogens with one attached hydrogen (secondary N) is 1. The highest BCUT2D eigenvalue weighted by Gasteiger charge is 2.11. The van der Waals surface area contributed by atoms with Gasteiger partial charge in [0, 0.05) is 10.2 Å². The van der Waals surface area contributed by atoms with E-state index in [1.807, 2.05) is 6.07 Å². The van der Waals surface area contributed by atoms with Crippen LogP contribution in [0.4, 0.5) is 5.69 Å². The van der Waals surface area contributed by atoms with Crippen LogP contribution in [0.5, 0.6) is 0 Å². The molecule has 5 nitrogen and oxygen atoms in total. The molecule has 0 aliphatic carbocycles. The van der Waals surface area contributed by atoms with Crippen molar-refractivity contribution in [1.29, 1.82) is 0 Å². The average Bonchev–Trinajstić information content (AvgIpc) is 2.39. The summed E-state index contributed by atoms with van der Waals surface area (Å²) in [5.41, 5.74) is 0.490. The summed E-state index contributed by atoms with van der Waals surface area (Å²) in [5, 5.41) is 11.5. The van der Waals surface area contributed by atoms with Gasteiger partial charge in [0.25, 0.3) is 5.91 Å². The molecular formula is C13H9BrN2O3. The summed E-state index contributed by atoms with van der Waals surface area (Å²) in [7, 11) is 0. The SMILES string of the molecule is O=C(O)c1cccc(C(=O)Nc2cccc(Br)c2)n1. The van der Waals surface area contributed by atoms with Gasteiger partial charge in [-0.25, -0.2) is 9.78 Å². The lowest BCUT2D eigenvalue weighted by molar-refractivity contribution is 0.0690. The number of aromatic carboxylic acids is 1. The molecule has 6 heteroatoms. The number of aromatic nitrogens is 1. The maximum absolute atomic E-state index is 11.9. The molecule has 0 saturated heterocycles. The average molecular weight is 321 g/mol. The third-order valence-corrected chi connectivity index (χ3v) is 2.78. The van der Waals surface area contributed by atoms with Gasteiger partial charge in [-0.2, -0.15) is 0 Å². The lowest BCUT2D eigenvalue weighted by atomic mass is 10.2. The number of carbonyl (C=O) groups is 2. The van der Waals surface area contributed by atoms with E-state index in [1.165, 1.54) is 18.2 Å². The molecule has 0 aliphatic rings. The van der Waals surface area contributed by atoms with Crippen LogP contribution in [0.25, 0.3) is 0 Å². The Balaban J connectivity index is 2.20. The fourth-order valence-corrected chi connectivity index (χ4v) is 1.84. The third-order valence-electron chi connectivity index (χ3n) is 2.28. The summed E-state index contributed by atoms with van der Waals surface area (Å²) >= 11 is 3.29. The van der Waals surface area contributed by atoms with Crippen molar-refractivity contribution in [3.63, 3.8) is 0 Å². The molecule has 0 aliphatic heterocycles. The van der Waals surface area contributed by atoms with Gasteiger partial charge in [0.2, 0.25) is 0 Å². The minimum Gasteiger partial charge on any atom is -0.477 e. The first-order chi connectivity index (χ1) is 9.06. The van der Waals surface area contributed by atoms with E-state index in [2.05, 4.69) is 26.2 Å². The molecule has 2 aromatic rings. The number of hydrogen-bond acceptors (Lipinski definition) is 3. The van der Waals surface area contributed by atoms with Gasteiger partial charge in [-0.05, 0) is 30.3 Å². The molecule has 1 amide bonds. The molecule has 1 aromatic carbocycles. The topological polar surface area (TPSA) is 79.3 Å². The fraction of sp³-hybridized carbons (Fsp3) is 0. The molecule has 96 valence electrons. The van der Waals surface area contributed by atoms with Crippen LogP contribution in [0.2, 0.25) is 0 Å². The Hall–Kier alpha value is -2.21. The summed E-state index contributed by atoms with van der Waals surface area (Å²) in [6.07, 6.45) is 0. The number of halogens is 1. The van der Waals surface area contributed by atoms with Crippen molar-refractivity contribution in [1.82, 2.24) is 4.98 Å². The Labute approximate surface area is 117 Å². The highest BCUT2D eigenvalue weighted by molar-refractivity contribution is 9.10. The highest BCUT2D eigenvalue weighted by atomic mass is 79.9. The highest BCUT2D eigenvalue weighted by Crippen LogP contribution is 2.16. The van der Waals surface area contributed by atoms with E-state index < -0.39 is 11.9 Å². The number of anilines is 1. The molecule has 1 aromatic heterocycles. The Morgan fingerprint density at radius 2 is 1.79 bits per heavy atom. The molecule has 0 atom stereocenters. The van der Waals surface area contributed by atoms with Gasteiger partial charge in [0.15, 0.2) is 0 Å². The van der Waals surface area contributed by atoms with Crippen molar-refractivity contribution in [3.8, 4) is 0 Å². The number of rotatable bonds is 3.